The van der Waals surface area contributed by atoms with E-state index in [0.29, 0.717) is 0 Å². The molecule has 0 radical (unpaired) electrons. The van der Waals surface area contributed by atoms with Gasteiger partial charge in [0.05, 0.1) is 22.7 Å². The molecule has 1 aliphatic carbocycles. The van der Waals surface area contributed by atoms with Gasteiger partial charge in [0.15, 0.2) is 0 Å². The number of nitrogens with zero attached hydrogens (tertiary/aromatic N) is 2. The van der Waals surface area contributed by atoms with Gasteiger partial charge in [0.2, 0.25) is 0 Å². The SMILES string of the molecule is CCn1c2cc(C3CC3)ccc2c2[nH]ncc21. The van der Waals surface area contributed by atoms with Crippen LogP contribution in [0.1, 0.15) is 31.2 Å². The molecule has 1 aromatic carbocycles. The van der Waals surface area contributed by atoms with Crippen LogP contribution >= 0.6 is 0 Å². The summed E-state index contributed by atoms with van der Waals surface area (Å²) in [7, 11) is 0. The van der Waals surface area contributed by atoms with Crippen molar-refractivity contribution in [1.29, 1.82) is 0 Å². The summed E-state index contributed by atoms with van der Waals surface area (Å²) in [5.41, 5.74) is 5.24. The minimum atomic E-state index is 0.816. The number of hydrogen-bond donors (Lipinski definition) is 1. The lowest BCUT2D eigenvalue weighted by Crippen LogP contribution is -1.93. The molecule has 1 saturated carbocycles. The molecule has 2 aromatic heterocycles. The largest absolute Gasteiger partial charge is 0.338 e. The third kappa shape index (κ3) is 1.19. The van der Waals surface area contributed by atoms with E-state index in [0.717, 1.165) is 12.5 Å². The molecule has 0 unspecified atom stereocenters. The van der Waals surface area contributed by atoms with Gasteiger partial charge in [-0.3, -0.25) is 5.10 Å². The molecule has 1 fully saturated rings. The Balaban J connectivity index is 2.10. The second-order valence-electron chi connectivity index (χ2n) is 4.93. The standard InChI is InChI=1S/C14H15N3/c1-2-17-12-7-10(9-3-4-9)5-6-11(12)14-13(17)8-15-16-14/h5-9H,2-4H2,1H3,(H,15,16). The lowest BCUT2D eigenvalue weighted by molar-refractivity contribution is 0.826. The fraction of sp³-hybridized carbons (Fsp3) is 0.357. The van der Waals surface area contributed by atoms with Crippen LogP contribution in [0.25, 0.3) is 21.9 Å². The third-order valence-corrected chi connectivity index (χ3v) is 3.86. The Kier molecular flexibility index (Phi) is 1.71. The van der Waals surface area contributed by atoms with Crippen LogP contribution in [0.15, 0.2) is 24.4 Å². The van der Waals surface area contributed by atoms with Gasteiger partial charge in [-0.2, -0.15) is 5.10 Å². The minimum absolute atomic E-state index is 0.816. The van der Waals surface area contributed by atoms with Crippen molar-refractivity contribution in [3.8, 4) is 0 Å². The van der Waals surface area contributed by atoms with Gasteiger partial charge in [-0.1, -0.05) is 12.1 Å². The van der Waals surface area contributed by atoms with Crippen LogP contribution in [0.3, 0.4) is 0 Å². The Labute approximate surface area is 99.4 Å². The summed E-state index contributed by atoms with van der Waals surface area (Å²) < 4.78 is 2.35. The average molecular weight is 225 g/mol. The van der Waals surface area contributed by atoms with Gasteiger partial charge in [-0.25, -0.2) is 0 Å². The summed E-state index contributed by atoms with van der Waals surface area (Å²) in [6.07, 6.45) is 4.64. The first kappa shape index (κ1) is 9.28. The molecule has 2 heterocycles. The molecule has 86 valence electrons. The van der Waals surface area contributed by atoms with Crippen LogP contribution in [0.4, 0.5) is 0 Å². The van der Waals surface area contributed by atoms with Crippen molar-refractivity contribution in [2.24, 2.45) is 0 Å². The highest BCUT2D eigenvalue weighted by Crippen LogP contribution is 2.41. The molecule has 0 saturated heterocycles. The number of H-pyrrole nitrogens is 1. The summed E-state index contributed by atoms with van der Waals surface area (Å²) in [5, 5.41) is 8.55. The highest BCUT2D eigenvalue weighted by Gasteiger charge is 2.24. The Morgan fingerprint density at radius 1 is 1.35 bits per heavy atom. The van der Waals surface area contributed by atoms with E-state index in [4.69, 9.17) is 0 Å². The number of nitrogens with one attached hydrogen (secondary N) is 1. The quantitative estimate of drug-likeness (QED) is 0.712. The summed E-state index contributed by atoms with van der Waals surface area (Å²) in [5.74, 6) is 0.816. The highest BCUT2D eigenvalue weighted by atomic mass is 15.1. The van der Waals surface area contributed by atoms with Gasteiger partial charge in [-0.05, 0) is 37.3 Å². The molecule has 0 amide bonds. The number of benzene rings is 1. The van der Waals surface area contributed by atoms with Crippen molar-refractivity contribution in [3.63, 3.8) is 0 Å². The molecule has 0 aliphatic heterocycles. The van der Waals surface area contributed by atoms with Crippen LogP contribution in [0, 0.1) is 0 Å². The molecule has 0 bridgehead atoms. The normalized spacial score (nSPS) is 16.1. The van der Waals surface area contributed by atoms with Crippen LogP contribution in [0.5, 0.6) is 0 Å². The molecule has 0 spiro atoms. The first-order valence-corrected chi connectivity index (χ1v) is 6.33. The smallest absolute Gasteiger partial charge is 0.0908 e. The molecule has 1 aliphatic rings. The average Bonchev–Trinajstić information content (AvgIpc) is 3.02. The van der Waals surface area contributed by atoms with Crippen molar-refractivity contribution in [3.05, 3.63) is 30.0 Å². The molecule has 1 N–H and O–H groups in total. The Morgan fingerprint density at radius 2 is 2.24 bits per heavy atom. The van der Waals surface area contributed by atoms with E-state index in [-0.39, 0.29) is 0 Å². The van der Waals surface area contributed by atoms with Gasteiger partial charge in [0.1, 0.15) is 0 Å². The monoisotopic (exact) mass is 225 g/mol. The van der Waals surface area contributed by atoms with E-state index < -0.39 is 0 Å². The van der Waals surface area contributed by atoms with Crippen molar-refractivity contribution in [2.75, 3.05) is 0 Å². The third-order valence-electron chi connectivity index (χ3n) is 3.86. The van der Waals surface area contributed by atoms with E-state index >= 15 is 0 Å². The van der Waals surface area contributed by atoms with E-state index in [1.54, 1.807) is 0 Å². The van der Waals surface area contributed by atoms with Crippen LogP contribution in [-0.2, 0) is 6.54 Å². The zero-order valence-electron chi connectivity index (χ0n) is 9.90. The van der Waals surface area contributed by atoms with Gasteiger partial charge in [0.25, 0.3) is 0 Å². The molecule has 3 nitrogen and oxygen atoms in total. The summed E-state index contributed by atoms with van der Waals surface area (Å²) in [6, 6.07) is 6.89. The lowest BCUT2D eigenvalue weighted by atomic mass is 10.1. The van der Waals surface area contributed by atoms with Gasteiger partial charge < -0.3 is 4.57 Å². The predicted molar refractivity (Wildman–Crippen MR) is 69.2 cm³/mol. The van der Waals surface area contributed by atoms with Crippen molar-refractivity contribution >= 4 is 21.9 Å². The summed E-state index contributed by atoms with van der Waals surface area (Å²) in [6.45, 7) is 3.18. The minimum Gasteiger partial charge on any atom is -0.338 e. The van der Waals surface area contributed by atoms with Crippen LogP contribution in [0.2, 0.25) is 0 Å². The number of rotatable bonds is 2. The van der Waals surface area contributed by atoms with E-state index in [9.17, 15) is 0 Å². The zero-order valence-corrected chi connectivity index (χ0v) is 9.90. The second kappa shape index (κ2) is 3.13. The van der Waals surface area contributed by atoms with Gasteiger partial charge >= 0.3 is 0 Å². The number of aromatic nitrogens is 3. The number of aryl methyl sites for hydroxylation is 1. The molecular formula is C14H15N3. The first-order chi connectivity index (χ1) is 8.38. The van der Waals surface area contributed by atoms with Crippen LogP contribution in [-0.4, -0.2) is 14.8 Å². The Bertz CT molecular complexity index is 701. The summed E-state index contributed by atoms with van der Waals surface area (Å²) >= 11 is 0. The Hall–Kier alpha value is -1.77. The second-order valence-corrected chi connectivity index (χ2v) is 4.93. The number of hydrogen-bond acceptors (Lipinski definition) is 1. The fourth-order valence-corrected chi connectivity index (χ4v) is 2.81. The predicted octanol–water partition coefficient (Wildman–Crippen LogP) is 3.41. The maximum Gasteiger partial charge on any atom is 0.0908 e. The maximum absolute atomic E-state index is 4.14. The Morgan fingerprint density at radius 3 is 3.00 bits per heavy atom. The first-order valence-electron chi connectivity index (χ1n) is 6.33. The molecule has 4 rings (SSSR count). The van der Waals surface area contributed by atoms with Gasteiger partial charge in [0, 0.05) is 11.9 Å². The van der Waals surface area contributed by atoms with Gasteiger partial charge in [-0.15, -0.1) is 0 Å². The van der Waals surface area contributed by atoms with E-state index in [1.165, 1.54) is 40.3 Å². The van der Waals surface area contributed by atoms with Crippen molar-refractivity contribution < 1.29 is 0 Å². The highest BCUT2D eigenvalue weighted by molar-refractivity contribution is 6.05. The van der Waals surface area contributed by atoms with Crippen molar-refractivity contribution in [2.45, 2.75) is 32.2 Å². The topological polar surface area (TPSA) is 33.6 Å². The van der Waals surface area contributed by atoms with E-state index in [2.05, 4.69) is 39.9 Å². The van der Waals surface area contributed by atoms with Crippen molar-refractivity contribution in [1.82, 2.24) is 14.8 Å². The number of aromatic amines is 1. The number of fused-ring (bicyclic) bond motifs is 3. The summed E-state index contributed by atoms with van der Waals surface area (Å²) in [4.78, 5) is 0. The lowest BCUT2D eigenvalue weighted by Gasteiger charge is -2.03. The van der Waals surface area contributed by atoms with E-state index in [1.807, 2.05) is 6.20 Å². The maximum atomic E-state index is 4.14. The molecule has 0 atom stereocenters. The molecular weight excluding hydrogens is 210 g/mol. The zero-order chi connectivity index (χ0) is 11.4. The molecule has 3 heteroatoms. The fourth-order valence-electron chi connectivity index (χ4n) is 2.81. The molecule has 17 heavy (non-hydrogen) atoms. The molecule has 3 aromatic rings. The van der Waals surface area contributed by atoms with Crippen LogP contribution < -0.4 is 0 Å².